The number of ether oxygens (including phenoxy) is 1. The molecule has 1 aliphatic rings. The van der Waals surface area contributed by atoms with Crippen LogP contribution in [0.3, 0.4) is 0 Å². The number of esters is 1. The highest BCUT2D eigenvalue weighted by Gasteiger charge is 2.38. The van der Waals surface area contributed by atoms with E-state index in [0.29, 0.717) is 22.0 Å². The van der Waals surface area contributed by atoms with Crippen molar-refractivity contribution in [1.29, 1.82) is 0 Å². The number of carbonyl (C=O) groups excluding carboxylic acids is 2. The van der Waals surface area contributed by atoms with Crippen LogP contribution in [-0.2, 0) is 14.3 Å². The number of carbonyl (C=O) groups is 2. The number of nitrogens with zero attached hydrogens (tertiary/aromatic N) is 1. The summed E-state index contributed by atoms with van der Waals surface area (Å²) >= 11 is 5.85. The Bertz CT molecular complexity index is 834. The molecule has 0 aliphatic carbocycles. The molecule has 1 aliphatic heterocycles. The molecule has 1 atom stereocenters. The van der Waals surface area contributed by atoms with Crippen molar-refractivity contribution in [2.45, 2.75) is 12.8 Å². The molecular formula is C18H16ClN3O3. The summed E-state index contributed by atoms with van der Waals surface area (Å²) in [4.78, 5) is 24.8. The minimum atomic E-state index is -0.824. The van der Waals surface area contributed by atoms with Gasteiger partial charge in [0, 0.05) is 10.7 Å². The monoisotopic (exact) mass is 357 g/mol. The van der Waals surface area contributed by atoms with Crippen LogP contribution in [0, 0.1) is 0 Å². The van der Waals surface area contributed by atoms with Crippen molar-refractivity contribution in [1.82, 2.24) is 0 Å². The Kier molecular flexibility index (Phi) is 5.00. The fourth-order valence-corrected chi connectivity index (χ4v) is 2.69. The Morgan fingerprint density at radius 1 is 1.24 bits per heavy atom. The van der Waals surface area contributed by atoms with Gasteiger partial charge in [0.25, 0.3) is 0 Å². The minimum Gasteiger partial charge on any atom is -0.461 e. The lowest BCUT2D eigenvalue weighted by Crippen LogP contribution is -2.30. The Morgan fingerprint density at radius 3 is 2.68 bits per heavy atom. The smallest absolute Gasteiger partial charge is 0.355 e. The van der Waals surface area contributed by atoms with Crippen LogP contribution >= 0.6 is 11.6 Å². The number of anilines is 2. The number of rotatable bonds is 5. The third-order valence-electron chi connectivity index (χ3n) is 3.70. The van der Waals surface area contributed by atoms with Gasteiger partial charge in [0.15, 0.2) is 5.71 Å². The summed E-state index contributed by atoms with van der Waals surface area (Å²) < 4.78 is 5.08. The molecule has 2 aromatic rings. The number of benzene rings is 2. The molecule has 3 rings (SSSR count). The number of fused-ring (bicyclic) bond motifs is 1. The SMILES string of the molecule is CCOC(=O)/C(=N\Nc1ccc(Cl)cc1)C1C(=O)Nc2ccccc21. The minimum absolute atomic E-state index is 0.000694. The largest absolute Gasteiger partial charge is 0.461 e. The third-order valence-corrected chi connectivity index (χ3v) is 3.95. The number of amides is 1. The van der Waals surface area contributed by atoms with Crippen molar-refractivity contribution in [3.05, 3.63) is 59.1 Å². The molecule has 0 radical (unpaired) electrons. The highest BCUT2D eigenvalue weighted by atomic mass is 35.5. The van der Waals surface area contributed by atoms with E-state index in [1.165, 1.54) is 0 Å². The van der Waals surface area contributed by atoms with Gasteiger partial charge in [-0.15, -0.1) is 0 Å². The summed E-state index contributed by atoms with van der Waals surface area (Å²) in [5.74, 6) is -1.78. The van der Waals surface area contributed by atoms with Crippen LogP contribution in [-0.4, -0.2) is 24.2 Å². The van der Waals surface area contributed by atoms with E-state index < -0.39 is 11.9 Å². The summed E-state index contributed by atoms with van der Waals surface area (Å²) in [6.45, 7) is 1.89. The fraction of sp³-hybridized carbons (Fsp3) is 0.167. The van der Waals surface area contributed by atoms with Crippen LogP contribution in [0.5, 0.6) is 0 Å². The summed E-state index contributed by atoms with van der Waals surface area (Å²) in [6.07, 6.45) is 0. The molecule has 2 N–H and O–H groups in total. The standard InChI is InChI=1S/C18H16ClN3O3/c1-2-25-18(24)16(22-21-12-9-7-11(19)8-10-12)15-13-5-3-4-6-14(13)20-17(15)23/h3-10,15,21H,2H2,1H3,(H,20,23)/b22-16-. The van der Waals surface area contributed by atoms with Gasteiger partial charge in [0.05, 0.1) is 12.3 Å². The molecule has 0 spiro atoms. The summed E-state index contributed by atoms with van der Waals surface area (Å²) in [7, 11) is 0. The van der Waals surface area contributed by atoms with Gasteiger partial charge in [-0.1, -0.05) is 29.8 Å². The Labute approximate surface area is 149 Å². The zero-order chi connectivity index (χ0) is 17.8. The van der Waals surface area contributed by atoms with Crippen LogP contribution < -0.4 is 10.7 Å². The molecule has 2 aromatic carbocycles. The van der Waals surface area contributed by atoms with E-state index in [1.807, 2.05) is 12.1 Å². The quantitative estimate of drug-likeness (QED) is 0.488. The predicted molar refractivity (Wildman–Crippen MR) is 97.0 cm³/mol. The number of para-hydroxylation sites is 1. The number of hydrogen-bond acceptors (Lipinski definition) is 5. The van der Waals surface area contributed by atoms with Gasteiger partial charge >= 0.3 is 5.97 Å². The van der Waals surface area contributed by atoms with E-state index in [9.17, 15) is 9.59 Å². The molecule has 1 amide bonds. The van der Waals surface area contributed by atoms with E-state index in [-0.39, 0.29) is 18.2 Å². The first kappa shape index (κ1) is 17.0. The number of hydrazone groups is 1. The second-order valence-electron chi connectivity index (χ2n) is 5.35. The molecule has 7 heteroatoms. The van der Waals surface area contributed by atoms with Gasteiger partial charge < -0.3 is 10.1 Å². The van der Waals surface area contributed by atoms with Crippen LogP contribution in [0.1, 0.15) is 18.4 Å². The number of nitrogens with one attached hydrogen (secondary N) is 2. The normalized spacial score (nSPS) is 16.2. The highest BCUT2D eigenvalue weighted by Crippen LogP contribution is 2.33. The molecule has 128 valence electrons. The van der Waals surface area contributed by atoms with Crippen LogP contribution in [0.15, 0.2) is 53.6 Å². The zero-order valence-corrected chi connectivity index (χ0v) is 14.2. The van der Waals surface area contributed by atoms with E-state index in [2.05, 4.69) is 15.8 Å². The average molecular weight is 358 g/mol. The van der Waals surface area contributed by atoms with Gasteiger partial charge in [0.1, 0.15) is 5.92 Å². The van der Waals surface area contributed by atoms with Crippen LogP contribution in [0.4, 0.5) is 11.4 Å². The molecule has 6 nitrogen and oxygen atoms in total. The van der Waals surface area contributed by atoms with Crippen molar-refractivity contribution in [3.63, 3.8) is 0 Å². The van der Waals surface area contributed by atoms with Crippen molar-refractivity contribution >= 4 is 40.6 Å². The predicted octanol–water partition coefficient (Wildman–Crippen LogP) is 3.41. The lowest BCUT2D eigenvalue weighted by molar-refractivity contribution is -0.135. The van der Waals surface area contributed by atoms with Crippen molar-refractivity contribution in [2.75, 3.05) is 17.3 Å². The number of halogens is 1. The first-order valence-electron chi connectivity index (χ1n) is 7.76. The molecule has 0 bridgehead atoms. The van der Waals surface area contributed by atoms with Gasteiger partial charge in [-0.3, -0.25) is 10.2 Å². The highest BCUT2D eigenvalue weighted by molar-refractivity contribution is 6.44. The van der Waals surface area contributed by atoms with Crippen LogP contribution in [0.2, 0.25) is 5.02 Å². The van der Waals surface area contributed by atoms with Gasteiger partial charge in [-0.05, 0) is 42.8 Å². The molecule has 0 fully saturated rings. The summed E-state index contributed by atoms with van der Waals surface area (Å²) in [6, 6.07) is 14.0. The maximum atomic E-state index is 12.4. The third kappa shape index (κ3) is 3.64. The topological polar surface area (TPSA) is 79.8 Å². The lowest BCUT2D eigenvalue weighted by atomic mass is 9.95. The Balaban J connectivity index is 1.95. The first-order chi connectivity index (χ1) is 12.1. The summed E-state index contributed by atoms with van der Waals surface area (Å²) in [5, 5.41) is 7.51. The second kappa shape index (κ2) is 7.36. The van der Waals surface area contributed by atoms with Crippen molar-refractivity contribution < 1.29 is 14.3 Å². The fourth-order valence-electron chi connectivity index (χ4n) is 2.56. The van der Waals surface area contributed by atoms with E-state index in [0.717, 1.165) is 0 Å². The molecule has 25 heavy (non-hydrogen) atoms. The maximum absolute atomic E-state index is 12.4. The summed E-state index contributed by atoms with van der Waals surface area (Å²) in [5.41, 5.74) is 4.78. The van der Waals surface area contributed by atoms with Crippen molar-refractivity contribution in [3.8, 4) is 0 Å². The second-order valence-corrected chi connectivity index (χ2v) is 5.78. The Hall–Kier alpha value is -2.86. The molecule has 1 heterocycles. The zero-order valence-electron chi connectivity index (χ0n) is 13.5. The van der Waals surface area contributed by atoms with Gasteiger partial charge in [0.2, 0.25) is 5.91 Å². The van der Waals surface area contributed by atoms with Gasteiger partial charge in [-0.25, -0.2) is 4.79 Å². The molecule has 1 unspecified atom stereocenters. The molecular weight excluding hydrogens is 342 g/mol. The molecule has 0 saturated carbocycles. The molecule has 0 saturated heterocycles. The van der Waals surface area contributed by atoms with Crippen LogP contribution in [0.25, 0.3) is 0 Å². The average Bonchev–Trinajstić information content (AvgIpc) is 2.93. The van der Waals surface area contributed by atoms with E-state index in [4.69, 9.17) is 16.3 Å². The number of hydrogen-bond donors (Lipinski definition) is 2. The first-order valence-corrected chi connectivity index (χ1v) is 8.14. The van der Waals surface area contributed by atoms with E-state index in [1.54, 1.807) is 43.3 Å². The lowest BCUT2D eigenvalue weighted by Gasteiger charge is -2.12. The van der Waals surface area contributed by atoms with Gasteiger partial charge in [-0.2, -0.15) is 5.10 Å². The Morgan fingerprint density at radius 2 is 1.96 bits per heavy atom. The maximum Gasteiger partial charge on any atom is 0.355 e. The van der Waals surface area contributed by atoms with E-state index >= 15 is 0 Å². The van der Waals surface area contributed by atoms with Crippen molar-refractivity contribution in [2.24, 2.45) is 5.10 Å². The molecule has 0 aromatic heterocycles.